The van der Waals surface area contributed by atoms with E-state index in [9.17, 15) is 4.79 Å². The standard InChI is InChI=1S/C14H9IN2O/c15-11-8-4-7-10-12(11)14(18)17-16-13(10)9-5-2-1-3-6-9/h1-8H,(H,17,18). The zero-order valence-corrected chi connectivity index (χ0v) is 11.5. The first-order valence-corrected chi connectivity index (χ1v) is 6.57. The molecule has 0 fully saturated rings. The first-order valence-electron chi connectivity index (χ1n) is 5.50. The van der Waals surface area contributed by atoms with Gasteiger partial charge in [-0.15, -0.1) is 0 Å². The number of rotatable bonds is 1. The molecule has 3 nitrogen and oxygen atoms in total. The van der Waals surface area contributed by atoms with Crippen molar-refractivity contribution in [3.8, 4) is 11.3 Å². The molecule has 0 atom stereocenters. The number of nitrogens with zero attached hydrogens (tertiary/aromatic N) is 1. The fraction of sp³-hybridized carbons (Fsp3) is 0. The summed E-state index contributed by atoms with van der Waals surface area (Å²) >= 11 is 2.17. The van der Waals surface area contributed by atoms with Crippen LogP contribution in [0, 0.1) is 3.57 Å². The van der Waals surface area contributed by atoms with E-state index >= 15 is 0 Å². The molecule has 0 bridgehead atoms. The summed E-state index contributed by atoms with van der Waals surface area (Å²) < 4.78 is 0.936. The molecule has 1 heterocycles. The van der Waals surface area contributed by atoms with Gasteiger partial charge in [-0.05, 0) is 28.7 Å². The first-order chi connectivity index (χ1) is 8.77. The maximum Gasteiger partial charge on any atom is 0.273 e. The fourth-order valence-corrected chi connectivity index (χ4v) is 2.73. The molecule has 0 aliphatic heterocycles. The summed E-state index contributed by atoms with van der Waals surface area (Å²) in [4.78, 5) is 11.9. The van der Waals surface area contributed by atoms with Crippen molar-refractivity contribution in [1.82, 2.24) is 10.2 Å². The normalized spacial score (nSPS) is 10.7. The summed E-state index contributed by atoms with van der Waals surface area (Å²) in [6.45, 7) is 0. The topological polar surface area (TPSA) is 45.8 Å². The lowest BCUT2D eigenvalue weighted by Gasteiger charge is -2.05. The summed E-state index contributed by atoms with van der Waals surface area (Å²) in [5, 5.41) is 8.34. The average molecular weight is 348 g/mol. The zero-order valence-electron chi connectivity index (χ0n) is 9.35. The van der Waals surface area contributed by atoms with E-state index in [4.69, 9.17) is 0 Å². The van der Waals surface area contributed by atoms with Crippen LogP contribution in [-0.2, 0) is 0 Å². The Labute approximate surface area is 117 Å². The second-order valence-corrected chi connectivity index (χ2v) is 5.09. The summed E-state index contributed by atoms with van der Waals surface area (Å²) in [6, 6.07) is 15.7. The Bertz CT molecular complexity index is 766. The smallest absolute Gasteiger partial charge is 0.267 e. The second kappa shape index (κ2) is 4.53. The lowest BCUT2D eigenvalue weighted by Crippen LogP contribution is -2.10. The van der Waals surface area contributed by atoms with Crippen molar-refractivity contribution in [3.63, 3.8) is 0 Å². The highest BCUT2D eigenvalue weighted by Crippen LogP contribution is 2.26. The van der Waals surface area contributed by atoms with E-state index in [0.717, 1.165) is 20.2 Å². The monoisotopic (exact) mass is 348 g/mol. The molecular formula is C14H9IN2O. The van der Waals surface area contributed by atoms with Gasteiger partial charge in [0.25, 0.3) is 5.56 Å². The lowest BCUT2D eigenvalue weighted by molar-refractivity contribution is 1.02. The minimum absolute atomic E-state index is 0.144. The van der Waals surface area contributed by atoms with Gasteiger partial charge in [0, 0.05) is 14.5 Å². The fourth-order valence-electron chi connectivity index (χ4n) is 1.99. The van der Waals surface area contributed by atoms with Crippen LogP contribution in [0.1, 0.15) is 0 Å². The number of hydrogen-bond donors (Lipinski definition) is 1. The molecule has 0 radical (unpaired) electrons. The van der Waals surface area contributed by atoms with Gasteiger partial charge in [-0.25, -0.2) is 5.10 Å². The molecule has 0 aliphatic rings. The third-order valence-corrected chi connectivity index (χ3v) is 3.71. The minimum atomic E-state index is -0.144. The SMILES string of the molecule is O=c1[nH]nc(-c2ccccc2)c2cccc(I)c12. The first kappa shape index (κ1) is 11.4. The van der Waals surface area contributed by atoms with E-state index in [2.05, 4.69) is 32.8 Å². The molecule has 88 valence electrons. The van der Waals surface area contributed by atoms with Gasteiger partial charge in [0.2, 0.25) is 0 Å². The van der Waals surface area contributed by atoms with E-state index in [0.29, 0.717) is 5.39 Å². The average Bonchev–Trinajstić information content (AvgIpc) is 2.40. The number of aromatic nitrogens is 2. The van der Waals surface area contributed by atoms with Crippen LogP contribution in [0.5, 0.6) is 0 Å². The van der Waals surface area contributed by atoms with Crippen LogP contribution in [0.2, 0.25) is 0 Å². The van der Waals surface area contributed by atoms with Gasteiger partial charge >= 0.3 is 0 Å². The Morgan fingerprint density at radius 2 is 1.78 bits per heavy atom. The largest absolute Gasteiger partial charge is 0.273 e. The maximum absolute atomic E-state index is 11.9. The van der Waals surface area contributed by atoms with Gasteiger partial charge < -0.3 is 0 Å². The van der Waals surface area contributed by atoms with Crippen molar-refractivity contribution in [2.75, 3.05) is 0 Å². The molecule has 0 amide bonds. The van der Waals surface area contributed by atoms with Crippen molar-refractivity contribution in [2.24, 2.45) is 0 Å². The Kier molecular flexibility index (Phi) is 2.87. The zero-order chi connectivity index (χ0) is 12.5. The Morgan fingerprint density at radius 1 is 1.00 bits per heavy atom. The van der Waals surface area contributed by atoms with Gasteiger partial charge in [-0.2, -0.15) is 5.10 Å². The highest BCUT2D eigenvalue weighted by molar-refractivity contribution is 14.1. The van der Waals surface area contributed by atoms with Crippen molar-refractivity contribution in [3.05, 3.63) is 62.5 Å². The Morgan fingerprint density at radius 3 is 2.56 bits per heavy atom. The maximum atomic E-state index is 11.9. The summed E-state index contributed by atoms with van der Waals surface area (Å²) in [6.07, 6.45) is 0. The minimum Gasteiger partial charge on any atom is -0.267 e. The molecule has 0 unspecified atom stereocenters. The van der Waals surface area contributed by atoms with Gasteiger partial charge in [0.15, 0.2) is 0 Å². The Balaban J connectivity index is 2.43. The summed E-state index contributed by atoms with van der Waals surface area (Å²) in [7, 11) is 0. The number of fused-ring (bicyclic) bond motifs is 1. The van der Waals surface area contributed by atoms with Crippen LogP contribution in [0.15, 0.2) is 53.3 Å². The van der Waals surface area contributed by atoms with E-state index in [1.165, 1.54) is 0 Å². The number of hydrogen-bond acceptors (Lipinski definition) is 2. The molecular weight excluding hydrogens is 339 g/mol. The predicted octanol–water partition coefficient (Wildman–Crippen LogP) is 3.19. The van der Waals surface area contributed by atoms with Crippen molar-refractivity contribution < 1.29 is 0 Å². The third-order valence-electron chi connectivity index (χ3n) is 2.81. The summed E-state index contributed by atoms with van der Waals surface area (Å²) in [5.41, 5.74) is 1.67. The van der Waals surface area contributed by atoms with Crippen LogP contribution in [0.3, 0.4) is 0 Å². The highest BCUT2D eigenvalue weighted by atomic mass is 127. The van der Waals surface area contributed by atoms with Gasteiger partial charge in [0.05, 0.1) is 11.1 Å². The highest BCUT2D eigenvalue weighted by Gasteiger charge is 2.10. The number of nitrogens with one attached hydrogen (secondary N) is 1. The molecule has 2 aromatic carbocycles. The van der Waals surface area contributed by atoms with E-state index in [1.807, 2.05) is 48.5 Å². The molecule has 3 aromatic rings. The molecule has 4 heteroatoms. The van der Waals surface area contributed by atoms with Gasteiger partial charge in [-0.1, -0.05) is 42.5 Å². The van der Waals surface area contributed by atoms with Crippen LogP contribution in [0.25, 0.3) is 22.0 Å². The molecule has 0 spiro atoms. The molecule has 3 rings (SSSR count). The van der Waals surface area contributed by atoms with Crippen LogP contribution < -0.4 is 5.56 Å². The molecule has 18 heavy (non-hydrogen) atoms. The van der Waals surface area contributed by atoms with Crippen molar-refractivity contribution in [1.29, 1.82) is 0 Å². The van der Waals surface area contributed by atoms with Crippen LogP contribution in [-0.4, -0.2) is 10.2 Å². The molecule has 0 saturated carbocycles. The van der Waals surface area contributed by atoms with E-state index < -0.39 is 0 Å². The number of aromatic amines is 1. The Hall–Kier alpha value is -1.69. The van der Waals surface area contributed by atoms with Gasteiger partial charge in [0.1, 0.15) is 0 Å². The quantitative estimate of drug-likeness (QED) is 0.687. The molecule has 1 aromatic heterocycles. The second-order valence-electron chi connectivity index (χ2n) is 3.93. The van der Waals surface area contributed by atoms with Crippen molar-refractivity contribution >= 4 is 33.4 Å². The van der Waals surface area contributed by atoms with E-state index in [-0.39, 0.29) is 5.56 Å². The molecule has 0 saturated heterocycles. The number of halogens is 1. The lowest BCUT2D eigenvalue weighted by atomic mass is 10.1. The number of benzene rings is 2. The van der Waals surface area contributed by atoms with Crippen LogP contribution >= 0.6 is 22.6 Å². The molecule has 0 aliphatic carbocycles. The van der Waals surface area contributed by atoms with Crippen LogP contribution in [0.4, 0.5) is 0 Å². The predicted molar refractivity (Wildman–Crippen MR) is 80.5 cm³/mol. The molecule has 1 N–H and O–H groups in total. The van der Waals surface area contributed by atoms with Crippen molar-refractivity contribution in [2.45, 2.75) is 0 Å². The third kappa shape index (κ3) is 1.82. The van der Waals surface area contributed by atoms with E-state index in [1.54, 1.807) is 0 Å². The van der Waals surface area contributed by atoms with Gasteiger partial charge in [-0.3, -0.25) is 4.79 Å². The summed E-state index contributed by atoms with van der Waals surface area (Å²) in [5.74, 6) is 0. The number of H-pyrrole nitrogens is 1.